The van der Waals surface area contributed by atoms with Crippen molar-refractivity contribution in [3.63, 3.8) is 0 Å². The first-order valence-corrected chi connectivity index (χ1v) is 6.47. The third-order valence-electron chi connectivity index (χ3n) is 3.41. The van der Waals surface area contributed by atoms with Crippen molar-refractivity contribution in [3.8, 4) is 0 Å². The van der Waals surface area contributed by atoms with Crippen LogP contribution < -0.4 is 5.73 Å². The molecule has 2 atom stereocenters. The molecule has 0 spiro atoms. The summed E-state index contributed by atoms with van der Waals surface area (Å²) in [6, 6.07) is -0.0633. The van der Waals surface area contributed by atoms with Gasteiger partial charge in [0.2, 0.25) is 0 Å². The lowest BCUT2D eigenvalue weighted by atomic mass is 9.85. The Labute approximate surface area is 104 Å². The second-order valence-electron chi connectivity index (χ2n) is 5.52. The minimum Gasteiger partial charge on any atom is -0.463 e. The first-order valence-electron chi connectivity index (χ1n) is 6.47. The highest BCUT2D eigenvalue weighted by Gasteiger charge is 2.44. The van der Waals surface area contributed by atoms with E-state index >= 15 is 0 Å². The highest BCUT2D eigenvalue weighted by molar-refractivity contribution is 5.77. The molecule has 0 aromatic heterocycles. The fourth-order valence-electron chi connectivity index (χ4n) is 2.12. The fourth-order valence-corrected chi connectivity index (χ4v) is 2.12. The standard InChI is InChI=1S/C13H25NO3/c1-10(2)9-16-7-8-17-12(15)13(3)6-4-5-11(13)14/h10-11H,4-9,14H2,1-3H3. The van der Waals surface area contributed by atoms with E-state index in [0.717, 1.165) is 19.3 Å². The van der Waals surface area contributed by atoms with E-state index in [4.69, 9.17) is 15.2 Å². The van der Waals surface area contributed by atoms with E-state index < -0.39 is 5.41 Å². The van der Waals surface area contributed by atoms with E-state index in [1.807, 2.05) is 6.92 Å². The average molecular weight is 243 g/mol. The Morgan fingerprint density at radius 1 is 1.47 bits per heavy atom. The summed E-state index contributed by atoms with van der Waals surface area (Å²) in [6.45, 7) is 7.58. The van der Waals surface area contributed by atoms with Gasteiger partial charge in [-0.15, -0.1) is 0 Å². The molecule has 0 amide bonds. The summed E-state index contributed by atoms with van der Waals surface area (Å²) >= 11 is 0. The van der Waals surface area contributed by atoms with Crippen LogP contribution in [0.15, 0.2) is 0 Å². The topological polar surface area (TPSA) is 61.5 Å². The molecule has 1 rings (SSSR count). The Kier molecular flexibility index (Phi) is 5.40. The minimum atomic E-state index is -0.488. The summed E-state index contributed by atoms with van der Waals surface area (Å²) in [6.07, 6.45) is 2.76. The minimum absolute atomic E-state index is 0.0633. The molecule has 0 aromatic carbocycles. The van der Waals surface area contributed by atoms with Crippen molar-refractivity contribution >= 4 is 5.97 Å². The van der Waals surface area contributed by atoms with Crippen LogP contribution in [0.2, 0.25) is 0 Å². The van der Waals surface area contributed by atoms with E-state index in [-0.39, 0.29) is 12.0 Å². The van der Waals surface area contributed by atoms with Gasteiger partial charge in [0.25, 0.3) is 0 Å². The van der Waals surface area contributed by atoms with Crippen molar-refractivity contribution in [3.05, 3.63) is 0 Å². The number of hydrogen-bond acceptors (Lipinski definition) is 4. The SMILES string of the molecule is CC(C)COCCOC(=O)C1(C)CCCC1N. The second-order valence-corrected chi connectivity index (χ2v) is 5.52. The molecule has 1 aliphatic rings. The largest absolute Gasteiger partial charge is 0.463 e. The van der Waals surface area contributed by atoms with Crippen LogP contribution in [-0.2, 0) is 14.3 Å². The highest BCUT2D eigenvalue weighted by atomic mass is 16.6. The van der Waals surface area contributed by atoms with Crippen LogP contribution in [0.4, 0.5) is 0 Å². The van der Waals surface area contributed by atoms with E-state index in [1.54, 1.807) is 0 Å². The van der Waals surface area contributed by atoms with Gasteiger partial charge in [0.1, 0.15) is 6.61 Å². The van der Waals surface area contributed by atoms with Crippen LogP contribution in [0, 0.1) is 11.3 Å². The van der Waals surface area contributed by atoms with Gasteiger partial charge in [0.05, 0.1) is 12.0 Å². The van der Waals surface area contributed by atoms with E-state index in [9.17, 15) is 4.79 Å². The van der Waals surface area contributed by atoms with Crippen molar-refractivity contribution in [2.75, 3.05) is 19.8 Å². The molecule has 1 saturated carbocycles. The van der Waals surface area contributed by atoms with Crippen molar-refractivity contribution in [2.45, 2.75) is 46.1 Å². The van der Waals surface area contributed by atoms with Crippen molar-refractivity contribution in [1.82, 2.24) is 0 Å². The number of carbonyl (C=O) groups is 1. The molecule has 2 unspecified atom stereocenters. The van der Waals surface area contributed by atoms with Crippen LogP contribution >= 0.6 is 0 Å². The van der Waals surface area contributed by atoms with Gasteiger partial charge in [-0.05, 0) is 25.7 Å². The summed E-state index contributed by atoms with van der Waals surface area (Å²) in [5.41, 5.74) is 5.46. The van der Waals surface area contributed by atoms with Crippen LogP contribution in [0.3, 0.4) is 0 Å². The Hall–Kier alpha value is -0.610. The van der Waals surface area contributed by atoms with Gasteiger partial charge in [0, 0.05) is 12.6 Å². The summed E-state index contributed by atoms with van der Waals surface area (Å²) in [7, 11) is 0. The number of ether oxygens (including phenoxy) is 2. The lowest BCUT2D eigenvalue weighted by Gasteiger charge is -2.26. The molecule has 0 aromatic rings. The van der Waals surface area contributed by atoms with Gasteiger partial charge in [-0.25, -0.2) is 0 Å². The van der Waals surface area contributed by atoms with Crippen molar-refractivity contribution in [1.29, 1.82) is 0 Å². The maximum absolute atomic E-state index is 11.9. The summed E-state index contributed by atoms with van der Waals surface area (Å²) in [5.74, 6) is 0.335. The van der Waals surface area contributed by atoms with Crippen molar-refractivity contribution < 1.29 is 14.3 Å². The lowest BCUT2D eigenvalue weighted by molar-refractivity contribution is -0.157. The van der Waals surface area contributed by atoms with Crippen LogP contribution in [0.25, 0.3) is 0 Å². The van der Waals surface area contributed by atoms with Gasteiger partial charge in [-0.3, -0.25) is 4.79 Å². The molecular weight excluding hydrogens is 218 g/mol. The maximum atomic E-state index is 11.9. The smallest absolute Gasteiger partial charge is 0.313 e. The monoisotopic (exact) mass is 243 g/mol. The normalized spacial score (nSPS) is 28.6. The molecular formula is C13H25NO3. The molecule has 0 bridgehead atoms. The lowest BCUT2D eigenvalue weighted by Crippen LogP contribution is -2.42. The number of esters is 1. The molecule has 1 aliphatic carbocycles. The van der Waals surface area contributed by atoms with Crippen molar-refractivity contribution in [2.24, 2.45) is 17.1 Å². The van der Waals surface area contributed by atoms with E-state index in [1.165, 1.54) is 0 Å². The molecule has 17 heavy (non-hydrogen) atoms. The predicted molar refractivity (Wildman–Crippen MR) is 66.5 cm³/mol. The van der Waals surface area contributed by atoms with Gasteiger partial charge in [0.15, 0.2) is 0 Å². The van der Waals surface area contributed by atoms with Crippen LogP contribution in [0.5, 0.6) is 0 Å². The molecule has 2 N–H and O–H groups in total. The second kappa shape index (κ2) is 6.36. The average Bonchev–Trinajstić information content (AvgIpc) is 2.59. The number of nitrogens with two attached hydrogens (primary N) is 1. The van der Waals surface area contributed by atoms with Gasteiger partial charge in [-0.2, -0.15) is 0 Å². The highest BCUT2D eigenvalue weighted by Crippen LogP contribution is 2.37. The summed E-state index contributed by atoms with van der Waals surface area (Å²) in [5, 5.41) is 0. The van der Waals surface area contributed by atoms with E-state index in [0.29, 0.717) is 25.7 Å². The van der Waals surface area contributed by atoms with Gasteiger partial charge >= 0.3 is 5.97 Å². The Bertz CT molecular complexity index is 255. The third-order valence-corrected chi connectivity index (χ3v) is 3.41. The molecule has 0 heterocycles. The Morgan fingerprint density at radius 2 is 2.18 bits per heavy atom. The zero-order valence-corrected chi connectivity index (χ0v) is 11.2. The number of carbonyl (C=O) groups excluding carboxylic acids is 1. The Morgan fingerprint density at radius 3 is 2.71 bits per heavy atom. The van der Waals surface area contributed by atoms with Gasteiger partial charge < -0.3 is 15.2 Å². The molecule has 4 heteroatoms. The number of rotatable bonds is 6. The van der Waals surface area contributed by atoms with Crippen LogP contribution in [-0.4, -0.2) is 31.8 Å². The maximum Gasteiger partial charge on any atom is 0.313 e. The molecule has 1 fully saturated rings. The quantitative estimate of drug-likeness (QED) is 0.570. The molecule has 0 aliphatic heterocycles. The molecule has 0 saturated heterocycles. The van der Waals surface area contributed by atoms with Gasteiger partial charge in [-0.1, -0.05) is 20.3 Å². The first-order chi connectivity index (χ1) is 7.97. The number of hydrogen-bond donors (Lipinski definition) is 1. The predicted octanol–water partition coefficient (Wildman–Crippen LogP) is 1.72. The molecule has 0 radical (unpaired) electrons. The zero-order chi connectivity index (χ0) is 12.9. The zero-order valence-electron chi connectivity index (χ0n) is 11.2. The molecule has 100 valence electrons. The Balaban J connectivity index is 2.21. The summed E-state index contributed by atoms with van der Waals surface area (Å²) in [4.78, 5) is 11.9. The molecule has 4 nitrogen and oxygen atoms in total. The third kappa shape index (κ3) is 3.96. The first kappa shape index (κ1) is 14.5. The van der Waals surface area contributed by atoms with E-state index in [2.05, 4.69) is 13.8 Å². The van der Waals surface area contributed by atoms with Crippen LogP contribution in [0.1, 0.15) is 40.0 Å². The summed E-state index contributed by atoms with van der Waals surface area (Å²) < 4.78 is 10.6. The fraction of sp³-hybridized carbons (Fsp3) is 0.923.